The fourth-order valence-electron chi connectivity index (χ4n) is 9.68. The highest BCUT2D eigenvalue weighted by atomic mass is 16.5. The summed E-state index contributed by atoms with van der Waals surface area (Å²) in [5, 5.41) is 25.1. The summed E-state index contributed by atoms with van der Waals surface area (Å²) < 4.78 is 5.37. The first-order valence-corrected chi connectivity index (χ1v) is 14.5. The lowest BCUT2D eigenvalue weighted by atomic mass is 9.43. The third kappa shape index (κ3) is 4.28. The number of ether oxygens (including phenoxy) is 1. The number of para-hydroxylation sites is 2. The van der Waals surface area contributed by atoms with Gasteiger partial charge in [0.1, 0.15) is 5.75 Å². The zero-order valence-corrected chi connectivity index (χ0v) is 22.7. The van der Waals surface area contributed by atoms with E-state index in [2.05, 4.69) is 26.1 Å². The Kier molecular flexibility index (Phi) is 7.19. The number of methoxy groups -OCH3 is 1. The Bertz CT molecular complexity index is 950. The lowest BCUT2D eigenvalue weighted by Crippen LogP contribution is -2.58. The normalized spacial score (nSPS) is 42.6. The number of benzene rings is 1. The van der Waals surface area contributed by atoms with Crippen LogP contribution in [0.1, 0.15) is 85.0 Å². The highest BCUT2D eigenvalue weighted by molar-refractivity contribution is 5.92. The molecule has 3 N–H and O–H groups in total. The van der Waals surface area contributed by atoms with Crippen LogP contribution in [0.25, 0.3) is 0 Å². The van der Waals surface area contributed by atoms with Crippen molar-refractivity contribution in [3.63, 3.8) is 0 Å². The van der Waals surface area contributed by atoms with Crippen LogP contribution in [-0.2, 0) is 4.79 Å². The fraction of sp³-hybridized carbons (Fsp3) is 0.774. The van der Waals surface area contributed by atoms with Gasteiger partial charge in [-0.1, -0.05) is 32.9 Å². The quantitative estimate of drug-likeness (QED) is 0.448. The second-order valence-corrected chi connectivity index (χ2v) is 13.2. The maximum Gasteiger partial charge on any atom is 0.224 e. The molecule has 4 fully saturated rings. The summed E-state index contributed by atoms with van der Waals surface area (Å²) in [6, 6.07) is 7.54. The Morgan fingerprint density at radius 2 is 1.86 bits per heavy atom. The molecule has 36 heavy (non-hydrogen) atoms. The largest absolute Gasteiger partial charge is 0.495 e. The molecule has 1 amide bonds. The van der Waals surface area contributed by atoms with E-state index in [1.54, 1.807) is 7.11 Å². The Labute approximate surface area is 217 Å². The maximum atomic E-state index is 12.8. The Morgan fingerprint density at radius 1 is 1.08 bits per heavy atom. The number of nitrogens with one attached hydrogen (secondary N) is 1. The molecule has 4 saturated carbocycles. The van der Waals surface area contributed by atoms with Gasteiger partial charge in [-0.15, -0.1) is 0 Å². The smallest absolute Gasteiger partial charge is 0.224 e. The van der Waals surface area contributed by atoms with Gasteiger partial charge in [-0.25, -0.2) is 0 Å². The van der Waals surface area contributed by atoms with Crippen molar-refractivity contribution >= 4 is 11.6 Å². The van der Waals surface area contributed by atoms with Gasteiger partial charge < -0.3 is 20.3 Å². The summed E-state index contributed by atoms with van der Waals surface area (Å²) in [5.74, 6) is 4.02. The molecule has 0 saturated heterocycles. The van der Waals surface area contributed by atoms with Crippen LogP contribution in [0.2, 0.25) is 0 Å². The molecule has 1 aromatic rings. The van der Waals surface area contributed by atoms with Crippen molar-refractivity contribution in [3.8, 4) is 5.75 Å². The number of hydrogen-bond donors (Lipinski definition) is 3. The highest BCUT2D eigenvalue weighted by Crippen LogP contribution is 2.68. The Balaban J connectivity index is 1.25. The molecule has 0 bridgehead atoms. The van der Waals surface area contributed by atoms with Gasteiger partial charge in [0, 0.05) is 6.42 Å². The monoisotopic (exact) mass is 497 g/mol. The minimum Gasteiger partial charge on any atom is -0.495 e. The van der Waals surface area contributed by atoms with Crippen molar-refractivity contribution in [2.45, 2.75) is 97.2 Å². The highest BCUT2D eigenvalue weighted by Gasteiger charge is 2.63. The number of aliphatic hydroxyl groups is 2. The van der Waals surface area contributed by atoms with Crippen LogP contribution in [0, 0.1) is 46.3 Å². The minimum absolute atomic E-state index is 0.0287. The molecule has 0 heterocycles. The number of hydrogen-bond acceptors (Lipinski definition) is 4. The van der Waals surface area contributed by atoms with Crippen LogP contribution >= 0.6 is 0 Å². The molecule has 4 aliphatic rings. The van der Waals surface area contributed by atoms with Crippen molar-refractivity contribution in [2.24, 2.45) is 46.3 Å². The molecular weight excluding hydrogens is 450 g/mol. The van der Waals surface area contributed by atoms with Gasteiger partial charge in [0.15, 0.2) is 0 Å². The number of carbonyl (C=O) groups excluding carboxylic acids is 1. The van der Waals surface area contributed by atoms with Crippen LogP contribution < -0.4 is 10.1 Å². The Morgan fingerprint density at radius 3 is 2.64 bits per heavy atom. The van der Waals surface area contributed by atoms with Gasteiger partial charge in [0.05, 0.1) is 25.0 Å². The van der Waals surface area contributed by atoms with E-state index in [1.165, 1.54) is 19.3 Å². The predicted octanol–water partition coefficient (Wildman–Crippen LogP) is 6.04. The molecule has 10 unspecified atom stereocenters. The van der Waals surface area contributed by atoms with Crippen LogP contribution in [0.15, 0.2) is 24.3 Å². The van der Waals surface area contributed by atoms with Crippen LogP contribution in [0.5, 0.6) is 5.75 Å². The first kappa shape index (κ1) is 26.0. The van der Waals surface area contributed by atoms with Gasteiger partial charge in [-0.05, 0) is 116 Å². The first-order chi connectivity index (χ1) is 17.2. The number of anilines is 1. The number of amides is 1. The summed E-state index contributed by atoms with van der Waals surface area (Å²) >= 11 is 0. The molecule has 10 atom stereocenters. The molecule has 1 aromatic carbocycles. The van der Waals surface area contributed by atoms with E-state index < -0.39 is 0 Å². The predicted molar refractivity (Wildman–Crippen MR) is 143 cm³/mol. The molecule has 5 heteroatoms. The maximum absolute atomic E-state index is 12.8. The van der Waals surface area contributed by atoms with Gasteiger partial charge in [-0.2, -0.15) is 0 Å². The minimum atomic E-state index is -0.275. The van der Waals surface area contributed by atoms with E-state index in [-0.39, 0.29) is 28.9 Å². The number of rotatable bonds is 6. The molecule has 4 aliphatic carbocycles. The molecule has 5 rings (SSSR count). The van der Waals surface area contributed by atoms with E-state index in [0.29, 0.717) is 47.7 Å². The van der Waals surface area contributed by atoms with E-state index in [1.807, 2.05) is 24.3 Å². The molecule has 0 aromatic heterocycles. The SMILES string of the molecule is COc1ccccc1NC(=O)CCC(C)C1CCC2C3CCC4CC(O)CCC4(C)C3CC(O)C12C. The van der Waals surface area contributed by atoms with Crippen molar-refractivity contribution in [2.75, 3.05) is 12.4 Å². The lowest BCUT2D eigenvalue weighted by molar-refractivity contribution is -0.174. The zero-order chi connectivity index (χ0) is 25.7. The molecule has 0 aliphatic heterocycles. The lowest BCUT2D eigenvalue weighted by Gasteiger charge is -2.62. The van der Waals surface area contributed by atoms with Crippen LogP contribution in [0.4, 0.5) is 5.69 Å². The Hall–Kier alpha value is -1.59. The number of aliphatic hydroxyl groups excluding tert-OH is 2. The van der Waals surface area contributed by atoms with Crippen LogP contribution in [0.3, 0.4) is 0 Å². The molecule has 0 radical (unpaired) electrons. The second-order valence-electron chi connectivity index (χ2n) is 13.2. The molecular formula is C31H47NO4. The second kappa shape index (κ2) is 9.94. The number of fused-ring (bicyclic) bond motifs is 5. The summed E-state index contributed by atoms with van der Waals surface area (Å²) in [4.78, 5) is 12.8. The third-order valence-electron chi connectivity index (χ3n) is 11.7. The van der Waals surface area contributed by atoms with E-state index in [4.69, 9.17) is 4.74 Å². The number of carbonyl (C=O) groups is 1. The van der Waals surface area contributed by atoms with Gasteiger partial charge in [-0.3, -0.25) is 4.79 Å². The average Bonchev–Trinajstić information content (AvgIpc) is 3.23. The summed E-state index contributed by atoms with van der Waals surface area (Å²) in [6.07, 6.45) is 9.69. The van der Waals surface area contributed by atoms with E-state index >= 15 is 0 Å². The van der Waals surface area contributed by atoms with Crippen LogP contribution in [-0.4, -0.2) is 35.4 Å². The van der Waals surface area contributed by atoms with Crippen molar-refractivity contribution < 1.29 is 19.7 Å². The van der Waals surface area contributed by atoms with Crippen molar-refractivity contribution in [3.05, 3.63) is 24.3 Å². The molecule has 200 valence electrons. The fourth-order valence-corrected chi connectivity index (χ4v) is 9.68. The standard InChI is InChI=1S/C31H47NO4/c1-19(9-14-29(35)32-26-7-5-6-8-27(26)36-4)23-12-13-24-22-11-10-20-17-21(33)15-16-30(20,2)25(22)18-28(34)31(23,24)3/h5-8,19-25,28,33-34H,9-18H2,1-4H3,(H,32,35). The van der Waals surface area contributed by atoms with Gasteiger partial charge >= 0.3 is 0 Å². The van der Waals surface area contributed by atoms with E-state index in [0.717, 1.165) is 44.2 Å². The molecule has 5 nitrogen and oxygen atoms in total. The zero-order valence-electron chi connectivity index (χ0n) is 22.7. The summed E-state index contributed by atoms with van der Waals surface area (Å²) in [7, 11) is 1.62. The topological polar surface area (TPSA) is 78.8 Å². The molecule has 0 spiro atoms. The summed E-state index contributed by atoms with van der Waals surface area (Å²) in [6.45, 7) is 7.15. The van der Waals surface area contributed by atoms with Crippen molar-refractivity contribution in [1.29, 1.82) is 0 Å². The van der Waals surface area contributed by atoms with Crippen molar-refractivity contribution in [1.82, 2.24) is 0 Å². The van der Waals surface area contributed by atoms with E-state index in [9.17, 15) is 15.0 Å². The van der Waals surface area contributed by atoms with Gasteiger partial charge in [0.2, 0.25) is 5.91 Å². The summed E-state index contributed by atoms with van der Waals surface area (Å²) in [5.41, 5.74) is 0.931. The van der Waals surface area contributed by atoms with Gasteiger partial charge in [0.25, 0.3) is 0 Å². The third-order valence-corrected chi connectivity index (χ3v) is 11.7. The average molecular weight is 498 g/mol. The first-order valence-electron chi connectivity index (χ1n) is 14.5.